The molecule has 0 unspecified atom stereocenters. The van der Waals surface area contributed by atoms with Gasteiger partial charge in [-0.2, -0.15) is 0 Å². The van der Waals surface area contributed by atoms with Gasteiger partial charge in [-0.3, -0.25) is 0 Å². The van der Waals surface area contributed by atoms with Crippen LogP contribution in [0.4, 0.5) is 0 Å². The van der Waals surface area contributed by atoms with Crippen LogP contribution in [0.5, 0.6) is 0 Å². The van der Waals surface area contributed by atoms with Crippen LogP contribution in [-0.4, -0.2) is 40.2 Å². The van der Waals surface area contributed by atoms with Crippen molar-refractivity contribution in [3.63, 3.8) is 0 Å². The third-order valence-corrected chi connectivity index (χ3v) is 10.5. The van der Waals surface area contributed by atoms with Gasteiger partial charge in [-0.1, -0.05) is 41.5 Å². The summed E-state index contributed by atoms with van der Waals surface area (Å²) in [5.41, 5.74) is 1.73. The van der Waals surface area contributed by atoms with Gasteiger partial charge < -0.3 is 18.6 Å². The number of rotatable bonds is 8. The van der Waals surface area contributed by atoms with Gasteiger partial charge in [-0.05, 0) is 30.5 Å². The van der Waals surface area contributed by atoms with Crippen LogP contribution in [0.1, 0.15) is 55.4 Å². The molecule has 1 atom stereocenters. The van der Waals surface area contributed by atoms with Gasteiger partial charge in [0.25, 0.3) is 0 Å². The fourth-order valence-electron chi connectivity index (χ4n) is 3.67. The normalized spacial score (nSPS) is 22.7. The van der Waals surface area contributed by atoms with Gasteiger partial charge in [0.2, 0.25) is 8.32 Å². The Bertz CT molecular complexity index is 294. The molecule has 0 aromatic carbocycles. The molecule has 0 radical (unpaired) electrons. The summed E-state index contributed by atoms with van der Waals surface area (Å²) in [5, 5.41) is 0. The van der Waals surface area contributed by atoms with Crippen LogP contribution in [0, 0.1) is 0 Å². The Balaban J connectivity index is 2.44. The first-order valence-electron chi connectivity index (χ1n) is 8.15. The average Bonchev–Trinajstić information content (AvgIpc) is 2.67. The summed E-state index contributed by atoms with van der Waals surface area (Å²) >= 11 is 0. The van der Waals surface area contributed by atoms with Gasteiger partial charge in [0.05, 0.1) is 13.2 Å². The predicted molar refractivity (Wildman–Crippen MR) is 87.9 cm³/mol. The minimum atomic E-state index is -1.83. The summed E-state index contributed by atoms with van der Waals surface area (Å²) in [6.45, 7) is 19.0. The summed E-state index contributed by atoms with van der Waals surface area (Å²) in [6, 6.07) is 0. The fourth-order valence-corrected chi connectivity index (χ4v) is 8.96. The predicted octanol–water partition coefficient (Wildman–Crippen LogP) is 4.30. The average molecular weight is 319 g/mol. The molecule has 0 spiro atoms. The van der Waals surface area contributed by atoms with Crippen molar-refractivity contribution in [2.75, 3.05) is 20.0 Å². The van der Waals surface area contributed by atoms with Crippen molar-refractivity contribution in [3.8, 4) is 0 Å². The lowest BCUT2D eigenvalue weighted by molar-refractivity contribution is -0.148. The van der Waals surface area contributed by atoms with Crippen LogP contribution >= 0.6 is 0 Å². The lowest BCUT2D eigenvalue weighted by atomic mass is 10.4. The molecule has 126 valence electrons. The van der Waals surface area contributed by atoms with Gasteiger partial charge in [0.1, 0.15) is 12.9 Å². The Morgan fingerprint density at radius 3 is 1.95 bits per heavy atom. The highest BCUT2D eigenvalue weighted by molar-refractivity contribution is 6.77. The summed E-state index contributed by atoms with van der Waals surface area (Å²) in [5.74, 6) is -0.485. The van der Waals surface area contributed by atoms with E-state index in [-0.39, 0.29) is 6.10 Å². The fraction of sp³-hybridized carbons (Fsp3) is 1.00. The number of hydrogen-bond donors (Lipinski definition) is 0. The topological polar surface area (TPSA) is 36.9 Å². The van der Waals surface area contributed by atoms with Gasteiger partial charge in [0.15, 0.2) is 5.79 Å². The van der Waals surface area contributed by atoms with E-state index in [4.69, 9.17) is 18.6 Å². The molecule has 1 aliphatic heterocycles. The minimum absolute atomic E-state index is 0.0109. The number of hydrogen-bond acceptors (Lipinski definition) is 4. The van der Waals surface area contributed by atoms with Crippen LogP contribution in [0.25, 0.3) is 0 Å². The van der Waals surface area contributed by atoms with E-state index in [0.717, 1.165) is 0 Å². The molecule has 1 saturated heterocycles. The standard InChI is InChI=1S/C16H34O4Si/c1-12(2)21(13(3)4,14(5)6)19-11-17-9-15-10-18-16(7,8)20-15/h12-15H,9-11H2,1-8H3/t15-/m1/s1. The molecule has 5 heteroatoms. The molecule has 1 aliphatic rings. The summed E-state index contributed by atoms with van der Waals surface area (Å²) in [4.78, 5) is 0. The third-order valence-electron chi connectivity index (χ3n) is 4.47. The molecule has 0 amide bonds. The maximum Gasteiger partial charge on any atom is 0.203 e. The lowest BCUT2D eigenvalue weighted by Gasteiger charge is -2.41. The van der Waals surface area contributed by atoms with Crippen LogP contribution in [-0.2, 0) is 18.6 Å². The molecule has 0 N–H and O–H groups in total. The maximum atomic E-state index is 6.35. The van der Waals surface area contributed by atoms with E-state index in [1.165, 1.54) is 0 Å². The first-order valence-corrected chi connectivity index (χ1v) is 10.3. The quantitative estimate of drug-likeness (QED) is 0.380. The highest BCUT2D eigenvalue weighted by Gasteiger charge is 2.45. The zero-order valence-corrected chi connectivity index (χ0v) is 16.1. The Morgan fingerprint density at radius 2 is 1.57 bits per heavy atom. The van der Waals surface area contributed by atoms with E-state index >= 15 is 0 Å². The van der Waals surface area contributed by atoms with Crippen molar-refractivity contribution in [1.29, 1.82) is 0 Å². The van der Waals surface area contributed by atoms with Crippen molar-refractivity contribution in [2.24, 2.45) is 0 Å². The first-order chi connectivity index (χ1) is 9.62. The molecule has 0 saturated carbocycles. The second-order valence-electron chi connectivity index (χ2n) is 7.40. The lowest BCUT2D eigenvalue weighted by Crippen LogP contribution is -2.48. The molecule has 0 aliphatic carbocycles. The summed E-state index contributed by atoms with van der Waals surface area (Å²) in [7, 11) is -1.83. The molecule has 21 heavy (non-hydrogen) atoms. The van der Waals surface area contributed by atoms with Crippen molar-refractivity contribution in [2.45, 2.75) is 83.9 Å². The van der Waals surface area contributed by atoms with Gasteiger partial charge >= 0.3 is 0 Å². The molecule has 1 rings (SSSR count). The Labute approximate surface area is 131 Å². The molecular weight excluding hydrogens is 284 g/mol. The largest absolute Gasteiger partial charge is 0.394 e. The zero-order chi connectivity index (χ0) is 16.3. The Kier molecular flexibility index (Phi) is 6.87. The van der Waals surface area contributed by atoms with Crippen molar-refractivity contribution >= 4 is 8.32 Å². The van der Waals surface area contributed by atoms with E-state index in [9.17, 15) is 0 Å². The summed E-state index contributed by atoms with van der Waals surface area (Å²) in [6.07, 6.45) is 0.0109. The molecule has 1 fully saturated rings. The Morgan fingerprint density at radius 1 is 1.05 bits per heavy atom. The summed E-state index contributed by atoms with van der Waals surface area (Å²) < 4.78 is 23.3. The molecule has 1 heterocycles. The van der Waals surface area contributed by atoms with Crippen LogP contribution < -0.4 is 0 Å². The monoisotopic (exact) mass is 318 g/mol. The molecule has 0 aromatic heterocycles. The van der Waals surface area contributed by atoms with Gasteiger partial charge in [0, 0.05) is 0 Å². The second-order valence-corrected chi connectivity index (χ2v) is 12.9. The van der Waals surface area contributed by atoms with Crippen molar-refractivity contribution in [3.05, 3.63) is 0 Å². The smallest absolute Gasteiger partial charge is 0.203 e. The van der Waals surface area contributed by atoms with Crippen molar-refractivity contribution in [1.82, 2.24) is 0 Å². The number of ether oxygens (including phenoxy) is 3. The van der Waals surface area contributed by atoms with Crippen LogP contribution in [0.15, 0.2) is 0 Å². The van der Waals surface area contributed by atoms with Crippen LogP contribution in [0.3, 0.4) is 0 Å². The third kappa shape index (κ3) is 4.76. The first kappa shape index (κ1) is 19.1. The van der Waals surface area contributed by atoms with Crippen LogP contribution in [0.2, 0.25) is 16.6 Å². The van der Waals surface area contributed by atoms with E-state index in [1.807, 2.05) is 13.8 Å². The Hall–Kier alpha value is 0.0569. The highest BCUT2D eigenvalue weighted by atomic mass is 28.4. The molecule has 0 aromatic rings. The van der Waals surface area contributed by atoms with Crippen molar-refractivity contribution < 1.29 is 18.6 Å². The highest BCUT2D eigenvalue weighted by Crippen LogP contribution is 2.42. The van der Waals surface area contributed by atoms with E-state index < -0.39 is 14.1 Å². The molecular formula is C16H34O4Si. The zero-order valence-electron chi connectivity index (χ0n) is 15.1. The minimum Gasteiger partial charge on any atom is -0.394 e. The van der Waals surface area contributed by atoms with E-state index in [2.05, 4.69) is 41.5 Å². The van der Waals surface area contributed by atoms with Gasteiger partial charge in [-0.25, -0.2) is 0 Å². The van der Waals surface area contributed by atoms with Gasteiger partial charge in [-0.15, -0.1) is 0 Å². The molecule has 4 nitrogen and oxygen atoms in total. The van der Waals surface area contributed by atoms with E-state index in [0.29, 0.717) is 36.6 Å². The second kappa shape index (κ2) is 7.55. The SMILES string of the molecule is CC(C)[Si](OCOC[C@@H]1COC(C)(C)O1)(C(C)C)C(C)C. The molecule has 0 bridgehead atoms. The maximum absolute atomic E-state index is 6.35. The van der Waals surface area contributed by atoms with E-state index in [1.54, 1.807) is 0 Å².